The van der Waals surface area contributed by atoms with E-state index in [9.17, 15) is 13.2 Å². The number of hydrogen-bond donors (Lipinski definition) is 1. The molecule has 1 aromatic heterocycles. The highest BCUT2D eigenvalue weighted by atomic mass is 19.4. The smallest absolute Gasteiger partial charge is 0.277 e. The second-order valence-corrected chi connectivity index (χ2v) is 5.34. The zero-order valence-electron chi connectivity index (χ0n) is 11.4. The minimum atomic E-state index is -4.35. The second-order valence-electron chi connectivity index (χ2n) is 5.34. The summed E-state index contributed by atoms with van der Waals surface area (Å²) < 4.78 is 38.6. The largest absolute Gasteiger partial charge is 0.416 e. The second kappa shape index (κ2) is 4.47. The Balaban J connectivity index is 1.82. The molecule has 1 heterocycles. The van der Waals surface area contributed by atoms with Crippen LogP contribution in [0, 0.1) is 0 Å². The van der Waals surface area contributed by atoms with Crippen molar-refractivity contribution in [2.45, 2.75) is 12.6 Å². The highest BCUT2D eigenvalue weighted by Gasteiger charge is 2.31. The maximum absolute atomic E-state index is 12.9. The fourth-order valence-electron chi connectivity index (χ4n) is 2.95. The maximum Gasteiger partial charge on any atom is 0.416 e. The van der Waals surface area contributed by atoms with E-state index >= 15 is 0 Å². The molecule has 0 saturated heterocycles. The minimum Gasteiger partial charge on any atom is -0.277 e. The van der Waals surface area contributed by atoms with Crippen LogP contribution in [0.25, 0.3) is 22.5 Å². The topological polar surface area (TPSA) is 28.7 Å². The molecule has 0 radical (unpaired) electrons. The molecular weight excluding hydrogens is 289 g/mol. The van der Waals surface area contributed by atoms with Gasteiger partial charge in [-0.15, -0.1) is 0 Å². The lowest BCUT2D eigenvalue weighted by molar-refractivity contribution is -0.137. The molecular formula is C17H11F3N2. The SMILES string of the molecule is FC(F)(F)c1cccc(-c2n[nH]c3c2Cc2ccccc2-3)c1. The first-order valence-corrected chi connectivity index (χ1v) is 6.87. The van der Waals surface area contributed by atoms with E-state index in [4.69, 9.17) is 0 Å². The molecule has 2 nitrogen and oxygen atoms in total. The zero-order chi connectivity index (χ0) is 15.3. The standard InChI is InChI=1S/C17H11F3N2/c18-17(19,20)12-6-3-5-11(8-12)15-14-9-10-4-1-2-7-13(10)16(14)22-21-15/h1-8H,9H2,(H,21,22). The Morgan fingerprint density at radius 1 is 1.00 bits per heavy atom. The van der Waals surface area contributed by atoms with Crippen LogP contribution in [-0.4, -0.2) is 10.2 Å². The van der Waals surface area contributed by atoms with Crippen molar-refractivity contribution in [2.75, 3.05) is 0 Å². The van der Waals surface area contributed by atoms with Gasteiger partial charge in [-0.1, -0.05) is 36.4 Å². The molecule has 0 saturated carbocycles. The summed E-state index contributed by atoms with van der Waals surface area (Å²) in [5, 5.41) is 7.21. The number of benzene rings is 2. The fraction of sp³-hybridized carbons (Fsp3) is 0.118. The molecule has 110 valence electrons. The van der Waals surface area contributed by atoms with E-state index in [0.29, 0.717) is 17.7 Å². The third-order valence-corrected chi connectivity index (χ3v) is 3.98. The number of H-pyrrole nitrogens is 1. The molecule has 0 atom stereocenters. The van der Waals surface area contributed by atoms with Gasteiger partial charge in [0.1, 0.15) is 0 Å². The lowest BCUT2D eigenvalue weighted by Crippen LogP contribution is -2.04. The molecule has 5 heteroatoms. The number of aromatic nitrogens is 2. The minimum absolute atomic E-state index is 0.486. The number of aromatic amines is 1. The Kier molecular flexibility index (Phi) is 2.66. The van der Waals surface area contributed by atoms with Gasteiger partial charge >= 0.3 is 6.18 Å². The van der Waals surface area contributed by atoms with Crippen molar-refractivity contribution in [1.29, 1.82) is 0 Å². The molecule has 1 N–H and O–H groups in total. The first-order chi connectivity index (χ1) is 10.5. The lowest BCUT2D eigenvalue weighted by Gasteiger charge is -2.08. The summed E-state index contributed by atoms with van der Waals surface area (Å²) >= 11 is 0. The predicted molar refractivity (Wildman–Crippen MR) is 77.3 cm³/mol. The molecule has 0 fully saturated rings. The monoisotopic (exact) mass is 300 g/mol. The molecule has 0 amide bonds. The highest BCUT2D eigenvalue weighted by molar-refractivity contribution is 5.81. The van der Waals surface area contributed by atoms with Crippen LogP contribution in [0.3, 0.4) is 0 Å². The number of rotatable bonds is 1. The third kappa shape index (κ3) is 1.93. The molecule has 2 aromatic carbocycles. The summed E-state index contributed by atoms with van der Waals surface area (Å²) in [5.74, 6) is 0. The number of nitrogens with one attached hydrogen (secondary N) is 1. The van der Waals surface area contributed by atoms with Crippen LogP contribution >= 0.6 is 0 Å². The Hall–Kier alpha value is -2.56. The third-order valence-electron chi connectivity index (χ3n) is 3.98. The van der Waals surface area contributed by atoms with Gasteiger partial charge in [-0.2, -0.15) is 18.3 Å². The van der Waals surface area contributed by atoms with Crippen LogP contribution in [-0.2, 0) is 12.6 Å². The van der Waals surface area contributed by atoms with E-state index in [0.717, 1.165) is 29.0 Å². The Morgan fingerprint density at radius 3 is 2.64 bits per heavy atom. The summed E-state index contributed by atoms with van der Waals surface area (Å²) in [6.45, 7) is 0. The quantitative estimate of drug-likeness (QED) is 0.544. The van der Waals surface area contributed by atoms with E-state index in [1.165, 1.54) is 11.6 Å². The van der Waals surface area contributed by atoms with E-state index in [-0.39, 0.29) is 0 Å². The summed E-state index contributed by atoms with van der Waals surface area (Å²) in [6.07, 6.45) is -3.66. The first-order valence-electron chi connectivity index (χ1n) is 6.87. The van der Waals surface area contributed by atoms with E-state index in [1.54, 1.807) is 6.07 Å². The van der Waals surface area contributed by atoms with Gasteiger partial charge in [-0.25, -0.2) is 0 Å². The van der Waals surface area contributed by atoms with Gasteiger partial charge in [0.2, 0.25) is 0 Å². The number of hydrogen-bond acceptors (Lipinski definition) is 1. The molecule has 0 spiro atoms. The Morgan fingerprint density at radius 2 is 1.82 bits per heavy atom. The average Bonchev–Trinajstić information content (AvgIpc) is 3.05. The van der Waals surface area contributed by atoms with E-state index in [1.807, 2.05) is 24.3 Å². The van der Waals surface area contributed by atoms with Crippen LogP contribution in [0.4, 0.5) is 13.2 Å². The molecule has 0 aliphatic heterocycles. The van der Waals surface area contributed by atoms with Gasteiger partial charge in [0.25, 0.3) is 0 Å². The van der Waals surface area contributed by atoms with Crippen LogP contribution in [0.2, 0.25) is 0 Å². The molecule has 0 bridgehead atoms. The van der Waals surface area contributed by atoms with Crippen molar-refractivity contribution < 1.29 is 13.2 Å². The molecule has 22 heavy (non-hydrogen) atoms. The van der Waals surface area contributed by atoms with Crippen LogP contribution in [0.5, 0.6) is 0 Å². The van der Waals surface area contributed by atoms with Crippen LogP contribution < -0.4 is 0 Å². The number of halogens is 3. The summed E-state index contributed by atoms with van der Waals surface area (Å²) in [4.78, 5) is 0. The van der Waals surface area contributed by atoms with E-state index < -0.39 is 11.7 Å². The molecule has 3 aromatic rings. The van der Waals surface area contributed by atoms with E-state index in [2.05, 4.69) is 10.2 Å². The van der Waals surface area contributed by atoms with Crippen molar-refractivity contribution in [1.82, 2.24) is 10.2 Å². The van der Waals surface area contributed by atoms with Gasteiger partial charge < -0.3 is 0 Å². The Labute approximate surface area is 124 Å². The van der Waals surface area contributed by atoms with Gasteiger partial charge in [0.05, 0.1) is 17.0 Å². The number of nitrogens with zero attached hydrogens (tertiary/aromatic N) is 1. The summed E-state index contributed by atoms with van der Waals surface area (Å²) in [6, 6.07) is 13.2. The van der Waals surface area contributed by atoms with Gasteiger partial charge in [-0.05, 0) is 17.7 Å². The van der Waals surface area contributed by atoms with Gasteiger partial charge in [0.15, 0.2) is 0 Å². The van der Waals surface area contributed by atoms with Crippen molar-refractivity contribution >= 4 is 0 Å². The first kappa shape index (κ1) is 13.1. The van der Waals surface area contributed by atoms with Gasteiger partial charge in [-0.3, -0.25) is 5.10 Å². The van der Waals surface area contributed by atoms with Crippen molar-refractivity contribution in [3.63, 3.8) is 0 Å². The van der Waals surface area contributed by atoms with Crippen LogP contribution in [0.1, 0.15) is 16.7 Å². The predicted octanol–water partition coefficient (Wildman–Crippen LogP) is 4.67. The zero-order valence-corrected chi connectivity index (χ0v) is 11.4. The van der Waals surface area contributed by atoms with Crippen LogP contribution in [0.15, 0.2) is 48.5 Å². The fourth-order valence-corrected chi connectivity index (χ4v) is 2.95. The van der Waals surface area contributed by atoms with Crippen molar-refractivity contribution in [3.05, 3.63) is 65.2 Å². The number of alkyl halides is 3. The maximum atomic E-state index is 12.9. The summed E-state index contributed by atoms with van der Waals surface area (Å²) in [5.41, 5.74) is 4.53. The average molecular weight is 300 g/mol. The van der Waals surface area contributed by atoms with Crippen molar-refractivity contribution in [2.24, 2.45) is 0 Å². The lowest BCUT2D eigenvalue weighted by atomic mass is 10.0. The number of fused-ring (bicyclic) bond motifs is 3. The molecule has 4 rings (SSSR count). The highest BCUT2D eigenvalue weighted by Crippen LogP contribution is 2.40. The van der Waals surface area contributed by atoms with Crippen molar-refractivity contribution in [3.8, 4) is 22.5 Å². The summed E-state index contributed by atoms with van der Waals surface area (Å²) in [7, 11) is 0. The van der Waals surface area contributed by atoms with Gasteiger partial charge in [0, 0.05) is 23.1 Å². The Bertz CT molecular complexity index is 862. The molecule has 1 aliphatic rings. The molecule has 1 aliphatic carbocycles. The molecule has 0 unspecified atom stereocenters. The normalized spacial score (nSPS) is 13.0.